The maximum absolute atomic E-state index is 5.38. The monoisotopic (exact) mass is 151 g/mol. The topological polar surface area (TPSA) is 76.7 Å². The average Bonchev–Trinajstić information content (AvgIpc) is 2.04. The molecule has 0 amide bonds. The van der Waals surface area contributed by atoms with Crippen LogP contribution in [0.15, 0.2) is 0 Å². The van der Waals surface area contributed by atoms with Crippen molar-refractivity contribution in [2.45, 2.75) is 13.0 Å². The van der Waals surface area contributed by atoms with E-state index in [0.717, 1.165) is 30.9 Å². The van der Waals surface area contributed by atoms with Crippen molar-refractivity contribution >= 4 is 5.95 Å². The first kappa shape index (κ1) is 6.48. The van der Waals surface area contributed by atoms with Crippen molar-refractivity contribution in [1.82, 2.24) is 20.5 Å². The molecular weight excluding hydrogens is 142 g/mol. The van der Waals surface area contributed by atoms with E-state index >= 15 is 0 Å². The van der Waals surface area contributed by atoms with E-state index < -0.39 is 0 Å². The van der Waals surface area contributed by atoms with Crippen molar-refractivity contribution < 1.29 is 0 Å². The normalized spacial score (nSPS) is 16.0. The Labute approximate surface area is 64.0 Å². The molecule has 5 heteroatoms. The zero-order valence-corrected chi connectivity index (χ0v) is 6.04. The van der Waals surface area contributed by atoms with Crippen molar-refractivity contribution in [2.24, 2.45) is 0 Å². The molecule has 2 rings (SSSR count). The van der Waals surface area contributed by atoms with Crippen LogP contribution in [0.4, 0.5) is 5.95 Å². The van der Waals surface area contributed by atoms with Crippen molar-refractivity contribution in [1.29, 1.82) is 0 Å². The maximum atomic E-state index is 5.38. The second-order valence-corrected chi connectivity index (χ2v) is 2.49. The van der Waals surface area contributed by atoms with Crippen molar-refractivity contribution in [2.75, 3.05) is 12.3 Å². The number of anilines is 1. The van der Waals surface area contributed by atoms with E-state index in [1.165, 1.54) is 0 Å². The minimum Gasteiger partial charge on any atom is -0.366 e. The Morgan fingerprint density at radius 3 is 3.09 bits per heavy atom. The van der Waals surface area contributed by atoms with Gasteiger partial charge >= 0.3 is 0 Å². The van der Waals surface area contributed by atoms with Gasteiger partial charge < -0.3 is 11.1 Å². The summed E-state index contributed by atoms with van der Waals surface area (Å²) in [6.07, 6.45) is 0.898. The van der Waals surface area contributed by atoms with E-state index in [1.54, 1.807) is 0 Å². The first-order valence-corrected chi connectivity index (χ1v) is 3.55. The molecule has 11 heavy (non-hydrogen) atoms. The molecule has 58 valence electrons. The standard InChI is InChI=1S/C6H9N5/c7-6-9-4-1-2-8-3-5(4)10-11-6/h8H,1-3H2,(H2,7,9,11). The minimum atomic E-state index is 0.269. The number of nitrogen functional groups attached to an aromatic ring is 1. The van der Waals surface area contributed by atoms with Crippen LogP contribution in [0.5, 0.6) is 0 Å². The number of aromatic nitrogens is 3. The molecule has 0 atom stereocenters. The Morgan fingerprint density at radius 2 is 2.18 bits per heavy atom. The van der Waals surface area contributed by atoms with Gasteiger partial charge in [-0.05, 0) is 0 Å². The number of hydrogen-bond donors (Lipinski definition) is 2. The van der Waals surface area contributed by atoms with Gasteiger partial charge in [0.25, 0.3) is 0 Å². The molecule has 0 radical (unpaired) electrons. The Hall–Kier alpha value is -1.23. The smallest absolute Gasteiger partial charge is 0.240 e. The number of rotatable bonds is 0. The highest BCUT2D eigenvalue weighted by atomic mass is 15.2. The summed E-state index contributed by atoms with van der Waals surface area (Å²) in [5.41, 5.74) is 7.28. The van der Waals surface area contributed by atoms with Crippen LogP contribution >= 0.6 is 0 Å². The van der Waals surface area contributed by atoms with Crippen molar-refractivity contribution in [3.05, 3.63) is 11.4 Å². The first-order chi connectivity index (χ1) is 5.36. The van der Waals surface area contributed by atoms with Gasteiger partial charge in [0.15, 0.2) is 0 Å². The van der Waals surface area contributed by atoms with Gasteiger partial charge in [-0.15, -0.1) is 10.2 Å². The van der Waals surface area contributed by atoms with Gasteiger partial charge in [0.05, 0.1) is 11.4 Å². The molecule has 0 bridgehead atoms. The van der Waals surface area contributed by atoms with Gasteiger partial charge in [0, 0.05) is 19.5 Å². The number of hydrogen-bond acceptors (Lipinski definition) is 5. The Bertz CT molecular complexity index is 272. The molecule has 1 aliphatic rings. The summed E-state index contributed by atoms with van der Waals surface area (Å²) in [6.45, 7) is 1.71. The summed E-state index contributed by atoms with van der Waals surface area (Å²) in [7, 11) is 0. The van der Waals surface area contributed by atoms with Crippen molar-refractivity contribution in [3.8, 4) is 0 Å². The van der Waals surface area contributed by atoms with E-state index in [4.69, 9.17) is 5.73 Å². The van der Waals surface area contributed by atoms with Crippen LogP contribution in [0.3, 0.4) is 0 Å². The summed E-state index contributed by atoms with van der Waals surface area (Å²) in [4.78, 5) is 4.08. The highest BCUT2D eigenvalue weighted by Gasteiger charge is 2.11. The fourth-order valence-corrected chi connectivity index (χ4v) is 1.15. The second kappa shape index (κ2) is 2.43. The Balaban J connectivity index is 2.43. The molecule has 0 saturated heterocycles. The lowest BCUT2D eigenvalue weighted by Gasteiger charge is -2.13. The zero-order valence-electron chi connectivity index (χ0n) is 6.04. The van der Waals surface area contributed by atoms with Crippen LogP contribution in [0, 0.1) is 0 Å². The summed E-state index contributed by atoms with van der Waals surface area (Å²) < 4.78 is 0. The predicted molar refractivity (Wildman–Crippen MR) is 39.7 cm³/mol. The van der Waals surface area contributed by atoms with E-state index in [-0.39, 0.29) is 5.95 Å². The van der Waals surface area contributed by atoms with Gasteiger partial charge in [0.2, 0.25) is 5.95 Å². The first-order valence-electron chi connectivity index (χ1n) is 3.55. The Kier molecular flexibility index (Phi) is 1.43. The molecule has 0 fully saturated rings. The fraction of sp³-hybridized carbons (Fsp3) is 0.500. The van der Waals surface area contributed by atoms with Gasteiger partial charge in [-0.25, -0.2) is 4.98 Å². The molecule has 0 saturated carbocycles. The van der Waals surface area contributed by atoms with Crippen molar-refractivity contribution in [3.63, 3.8) is 0 Å². The number of nitrogens with one attached hydrogen (secondary N) is 1. The van der Waals surface area contributed by atoms with Gasteiger partial charge in [-0.1, -0.05) is 0 Å². The van der Waals surface area contributed by atoms with Gasteiger partial charge in [0.1, 0.15) is 0 Å². The predicted octanol–water partition coefficient (Wildman–Crippen LogP) is -0.901. The molecule has 0 aliphatic carbocycles. The largest absolute Gasteiger partial charge is 0.366 e. The van der Waals surface area contributed by atoms with E-state index in [0.29, 0.717) is 0 Å². The molecule has 1 aromatic heterocycles. The van der Waals surface area contributed by atoms with Crippen LogP contribution in [-0.2, 0) is 13.0 Å². The van der Waals surface area contributed by atoms with Crippen LogP contribution in [0.25, 0.3) is 0 Å². The number of fused-ring (bicyclic) bond motifs is 1. The molecular formula is C6H9N5. The quantitative estimate of drug-likeness (QED) is 0.502. The lowest BCUT2D eigenvalue weighted by atomic mass is 10.2. The molecule has 1 aromatic rings. The molecule has 0 spiro atoms. The molecule has 1 aliphatic heterocycles. The average molecular weight is 151 g/mol. The SMILES string of the molecule is Nc1nnc2c(n1)CCNC2. The lowest BCUT2D eigenvalue weighted by molar-refractivity contribution is 0.601. The third-order valence-corrected chi connectivity index (χ3v) is 1.69. The van der Waals surface area contributed by atoms with E-state index in [9.17, 15) is 0 Å². The highest BCUT2D eigenvalue weighted by molar-refractivity contribution is 5.20. The van der Waals surface area contributed by atoms with Gasteiger partial charge in [-0.3, -0.25) is 0 Å². The van der Waals surface area contributed by atoms with Crippen LogP contribution in [-0.4, -0.2) is 21.7 Å². The van der Waals surface area contributed by atoms with Gasteiger partial charge in [-0.2, -0.15) is 0 Å². The summed E-state index contributed by atoms with van der Waals surface area (Å²) in [5, 5.41) is 10.8. The lowest BCUT2D eigenvalue weighted by Crippen LogP contribution is -2.26. The zero-order chi connectivity index (χ0) is 7.68. The van der Waals surface area contributed by atoms with Crippen LogP contribution < -0.4 is 11.1 Å². The molecule has 5 nitrogen and oxygen atoms in total. The van der Waals surface area contributed by atoms with E-state index in [2.05, 4.69) is 20.5 Å². The molecule has 0 aromatic carbocycles. The number of nitrogens with two attached hydrogens (primary N) is 1. The number of nitrogens with zero attached hydrogens (tertiary/aromatic N) is 3. The summed E-state index contributed by atoms with van der Waals surface area (Å²) in [5.74, 6) is 0.269. The fourth-order valence-electron chi connectivity index (χ4n) is 1.15. The Morgan fingerprint density at radius 1 is 1.27 bits per heavy atom. The molecule has 3 N–H and O–H groups in total. The molecule has 2 heterocycles. The summed E-state index contributed by atoms with van der Waals surface area (Å²) in [6, 6.07) is 0. The third kappa shape index (κ3) is 1.14. The minimum absolute atomic E-state index is 0.269. The second-order valence-electron chi connectivity index (χ2n) is 2.49. The van der Waals surface area contributed by atoms with Crippen LogP contribution in [0.1, 0.15) is 11.4 Å². The summed E-state index contributed by atoms with van der Waals surface area (Å²) >= 11 is 0. The van der Waals surface area contributed by atoms with E-state index in [1.807, 2.05) is 0 Å². The maximum Gasteiger partial charge on any atom is 0.240 e. The van der Waals surface area contributed by atoms with Crippen LogP contribution in [0.2, 0.25) is 0 Å². The third-order valence-electron chi connectivity index (χ3n) is 1.69. The highest BCUT2D eigenvalue weighted by Crippen LogP contribution is 2.06. The molecule has 0 unspecified atom stereocenters.